The van der Waals surface area contributed by atoms with Crippen LogP contribution < -0.4 is 16.6 Å². The van der Waals surface area contributed by atoms with Gasteiger partial charge in [-0.1, -0.05) is 50.7 Å². The zero-order chi connectivity index (χ0) is 43.5. The van der Waals surface area contributed by atoms with Gasteiger partial charge in [-0.25, -0.2) is 9.78 Å². The molecule has 5 rings (SSSR count). The maximum atomic E-state index is 13.9. The SMILES string of the molecule is COCCOCCOCCOCCOCCOCCOCCOCCOCCNC(=O)c1ccc(-c2nc3c([nH]2)c(=O)n(CC2CCCCC2)c(=O)n3CC2CCCCC2)cc1. The van der Waals surface area contributed by atoms with Crippen molar-refractivity contribution in [1.29, 1.82) is 0 Å². The van der Waals surface area contributed by atoms with Crippen molar-refractivity contribution in [3.8, 4) is 11.4 Å². The lowest BCUT2D eigenvalue weighted by Crippen LogP contribution is -2.42. The van der Waals surface area contributed by atoms with Crippen LogP contribution in [0.3, 0.4) is 0 Å². The summed E-state index contributed by atoms with van der Waals surface area (Å²) in [4.78, 5) is 48.6. The molecule has 2 aromatic heterocycles. The van der Waals surface area contributed by atoms with Gasteiger partial charge in [0.15, 0.2) is 5.65 Å². The molecule has 2 saturated carbocycles. The third-order valence-corrected chi connectivity index (χ3v) is 11.2. The van der Waals surface area contributed by atoms with Gasteiger partial charge in [-0.3, -0.25) is 18.7 Å². The van der Waals surface area contributed by atoms with E-state index in [4.69, 9.17) is 47.6 Å². The average molecular weight is 874 g/mol. The van der Waals surface area contributed by atoms with Crippen molar-refractivity contribution >= 4 is 17.1 Å². The van der Waals surface area contributed by atoms with Crippen molar-refractivity contribution < 1.29 is 47.4 Å². The summed E-state index contributed by atoms with van der Waals surface area (Å²) in [6.07, 6.45) is 11.3. The molecule has 3 aromatic rings. The molecule has 62 heavy (non-hydrogen) atoms. The third kappa shape index (κ3) is 17.6. The Morgan fingerprint density at radius 2 is 1.02 bits per heavy atom. The molecule has 348 valence electrons. The second-order valence-corrected chi connectivity index (χ2v) is 15.8. The van der Waals surface area contributed by atoms with E-state index >= 15 is 0 Å². The average Bonchev–Trinajstić information content (AvgIpc) is 3.75. The number of nitrogens with zero attached hydrogens (tertiary/aromatic N) is 3. The maximum absolute atomic E-state index is 13.9. The molecule has 2 aliphatic carbocycles. The number of nitrogens with one attached hydrogen (secondary N) is 2. The zero-order valence-electron chi connectivity index (χ0n) is 36.9. The summed E-state index contributed by atoms with van der Waals surface area (Å²) in [6.45, 7) is 9.59. The summed E-state index contributed by atoms with van der Waals surface area (Å²) >= 11 is 0. The largest absolute Gasteiger partial charge is 0.382 e. The molecule has 1 aromatic carbocycles. The second-order valence-electron chi connectivity index (χ2n) is 15.8. The van der Waals surface area contributed by atoms with Crippen molar-refractivity contribution in [3.05, 3.63) is 50.7 Å². The first-order valence-electron chi connectivity index (χ1n) is 22.8. The molecule has 2 N–H and O–H groups in total. The van der Waals surface area contributed by atoms with E-state index in [-0.39, 0.29) is 17.2 Å². The minimum atomic E-state index is -0.308. The summed E-state index contributed by atoms with van der Waals surface area (Å²) < 4.78 is 52.0. The van der Waals surface area contributed by atoms with E-state index in [0.29, 0.717) is 166 Å². The number of hydrogen-bond acceptors (Lipinski definition) is 13. The minimum Gasteiger partial charge on any atom is -0.382 e. The van der Waals surface area contributed by atoms with Crippen molar-refractivity contribution in [2.24, 2.45) is 11.8 Å². The zero-order valence-corrected chi connectivity index (χ0v) is 36.9. The minimum absolute atomic E-state index is 0.221. The molecule has 0 radical (unpaired) electrons. The highest BCUT2D eigenvalue weighted by Crippen LogP contribution is 2.27. The van der Waals surface area contributed by atoms with E-state index in [2.05, 4.69) is 10.3 Å². The lowest BCUT2D eigenvalue weighted by Gasteiger charge is -2.24. The molecule has 17 nitrogen and oxygen atoms in total. The number of methoxy groups -OCH3 is 1. The highest BCUT2D eigenvalue weighted by Gasteiger charge is 2.24. The van der Waals surface area contributed by atoms with Crippen LogP contribution in [-0.2, 0) is 55.7 Å². The smallest absolute Gasteiger partial charge is 0.332 e. The van der Waals surface area contributed by atoms with Crippen LogP contribution in [0.1, 0.15) is 74.6 Å². The highest BCUT2D eigenvalue weighted by atomic mass is 16.6. The van der Waals surface area contributed by atoms with Crippen LogP contribution in [0.5, 0.6) is 0 Å². The Hall–Kier alpha value is -3.52. The molecule has 0 saturated heterocycles. The number of aromatic amines is 1. The highest BCUT2D eigenvalue weighted by molar-refractivity contribution is 5.94. The van der Waals surface area contributed by atoms with E-state index in [1.165, 1.54) is 17.4 Å². The number of H-pyrrole nitrogens is 1. The summed E-state index contributed by atoms with van der Waals surface area (Å²) in [7, 11) is 1.64. The predicted molar refractivity (Wildman–Crippen MR) is 234 cm³/mol. The molecular formula is C45H71N5O12. The van der Waals surface area contributed by atoms with E-state index in [1.54, 1.807) is 35.9 Å². The second kappa shape index (κ2) is 29.8. The first kappa shape index (κ1) is 49.5. The predicted octanol–water partition coefficient (Wildman–Crippen LogP) is 4.22. The fraction of sp³-hybridized carbons (Fsp3) is 0.733. The fourth-order valence-electron chi connectivity index (χ4n) is 7.79. The van der Waals surface area contributed by atoms with Crippen LogP contribution in [0.25, 0.3) is 22.6 Å². The van der Waals surface area contributed by atoms with Gasteiger partial charge < -0.3 is 52.9 Å². The summed E-state index contributed by atoms with van der Waals surface area (Å²) in [5, 5.41) is 2.88. The van der Waals surface area contributed by atoms with Gasteiger partial charge in [-0.15, -0.1) is 0 Å². The van der Waals surface area contributed by atoms with Gasteiger partial charge in [-0.2, -0.15) is 0 Å². The summed E-state index contributed by atoms with van der Waals surface area (Å²) in [6, 6.07) is 7.07. The number of imidazole rings is 1. The molecule has 0 aliphatic heterocycles. The van der Waals surface area contributed by atoms with E-state index < -0.39 is 0 Å². The van der Waals surface area contributed by atoms with Crippen LogP contribution in [0.15, 0.2) is 33.9 Å². The lowest BCUT2D eigenvalue weighted by atomic mass is 9.89. The quantitative estimate of drug-likeness (QED) is 0.0831. The summed E-state index contributed by atoms with van der Waals surface area (Å²) in [5.41, 5.74) is 1.43. The monoisotopic (exact) mass is 874 g/mol. The molecule has 2 aliphatic rings. The van der Waals surface area contributed by atoms with Crippen LogP contribution >= 0.6 is 0 Å². The number of aromatic nitrogens is 4. The first-order valence-corrected chi connectivity index (χ1v) is 22.8. The van der Waals surface area contributed by atoms with Crippen molar-refractivity contribution in [2.45, 2.75) is 77.3 Å². The topological polar surface area (TPSA) is 185 Å². The van der Waals surface area contributed by atoms with Gasteiger partial charge in [0, 0.05) is 37.9 Å². The standard InChI is InChI=1S/C45H71N5O12/c1-54-18-19-56-22-23-58-26-27-60-30-31-62-33-32-61-29-28-59-25-24-57-21-20-55-17-16-46-43(51)39-14-12-38(13-15-39)41-47-40-42(48-41)49(34-36-8-4-2-5-9-36)45(53)50(44(40)52)35-37-10-6-3-7-11-37/h12-15,36-37H,2-11,16-35H2,1H3,(H,46,51)(H,47,48). The molecule has 0 atom stereocenters. The van der Waals surface area contributed by atoms with Crippen molar-refractivity contribution in [2.75, 3.05) is 126 Å². The van der Waals surface area contributed by atoms with Gasteiger partial charge in [0.05, 0.1) is 112 Å². The Kier molecular flexibility index (Phi) is 23.8. The van der Waals surface area contributed by atoms with Crippen LogP contribution in [0.4, 0.5) is 0 Å². The molecule has 2 heterocycles. The van der Waals surface area contributed by atoms with Gasteiger partial charge in [0.25, 0.3) is 11.5 Å². The number of rotatable bonds is 33. The molecular weight excluding hydrogens is 803 g/mol. The van der Waals surface area contributed by atoms with E-state index in [1.807, 2.05) is 0 Å². The van der Waals surface area contributed by atoms with Gasteiger partial charge in [0.1, 0.15) is 11.3 Å². The number of carbonyl (C=O) groups excluding carboxylic acids is 1. The molecule has 0 unspecified atom stereocenters. The number of hydrogen-bond donors (Lipinski definition) is 2. The van der Waals surface area contributed by atoms with Gasteiger partial charge >= 0.3 is 5.69 Å². The van der Waals surface area contributed by atoms with Crippen LogP contribution in [-0.4, -0.2) is 151 Å². The fourth-order valence-corrected chi connectivity index (χ4v) is 7.79. The molecule has 17 heteroatoms. The Balaban J connectivity index is 0.896. The van der Waals surface area contributed by atoms with E-state index in [9.17, 15) is 14.4 Å². The van der Waals surface area contributed by atoms with Crippen LogP contribution in [0, 0.1) is 11.8 Å². The molecule has 0 bridgehead atoms. The van der Waals surface area contributed by atoms with Gasteiger partial charge in [-0.05, 0) is 49.7 Å². The number of benzene rings is 1. The molecule has 2 fully saturated rings. The molecule has 0 spiro atoms. The number of ether oxygens (including phenoxy) is 9. The normalized spacial score (nSPS) is 15.2. The third-order valence-electron chi connectivity index (χ3n) is 11.2. The number of fused-ring (bicyclic) bond motifs is 1. The Morgan fingerprint density at radius 1 is 0.597 bits per heavy atom. The maximum Gasteiger partial charge on any atom is 0.332 e. The summed E-state index contributed by atoms with van der Waals surface area (Å²) in [5.74, 6) is 1.00. The molecule has 1 amide bonds. The number of amides is 1. The Labute approximate surface area is 365 Å². The lowest BCUT2D eigenvalue weighted by molar-refractivity contribution is -0.0242. The first-order chi connectivity index (χ1) is 30.5. The van der Waals surface area contributed by atoms with Crippen LogP contribution in [0.2, 0.25) is 0 Å². The number of carbonyl (C=O) groups is 1. The van der Waals surface area contributed by atoms with Crippen molar-refractivity contribution in [1.82, 2.24) is 24.4 Å². The van der Waals surface area contributed by atoms with Crippen molar-refractivity contribution in [3.63, 3.8) is 0 Å². The Bertz CT molecular complexity index is 1790. The van der Waals surface area contributed by atoms with E-state index in [0.717, 1.165) is 56.9 Å². The van der Waals surface area contributed by atoms with Gasteiger partial charge in [0.2, 0.25) is 0 Å². The Morgan fingerprint density at radius 3 is 1.47 bits per heavy atom.